The van der Waals surface area contributed by atoms with E-state index in [9.17, 15) is 48.7 Å². The van der Waals surface area contributed by atoms with Gasteiger partial charge in [-0.25, -0.2) is 4.39 Å². The summed E-state index contributed by atoms with van der Waals surface area (Å²) in [6.07, 6.45) is 0. The molecular formula is C6F10O. The molecule has 0 aliphatic heterocycles. The van der Waals surface area contributed by atoms with Crippen molar-refractivity contribution in [3.05, 3.63) is 0 Å². The molecule has 11 heteroatoms. The third-order valence-corrected chi connectivity index (χ3v) is 2.32. The van der Waals surface area contributed by atoms with Crippen LogP contribution in [0.15, 0.2) is 0 Å². The maximum absolute atomic E-state index is 12.8. The van der Waals surface area contributed by atoms with Gasteiger partial charge in [0.25, 0.3) is 0 Å². The maximum Gasteiger partial charge on any atom is 0.382 e. The second-order valence-electron chi connectivity index (χ2n) is 3.23. The van der Waals surface area contributed by atoms with E-state index >= 15 is 0 Å². The van der Waals surface area contributed by atoms with Gasteiger partial charge in [0.05, 0.1) is 0 Å². The van der Waals surface area contributed by atoms with E-state index in [1.165, 1.54) is 0 Å². The van der Waals surface area contributed by atoms with Crippen molar-refractivity contribution >= 4 is 6.04 Å². The first-order valence-electron chi connectivity index (χ1n) is 3.59. The number of halogens is 10. The average Bonchev–Trinajstić information content (AvgIpc) is 2.17. The molecule has 0 amide bonds. The van der Waals surface area contributed by atoms with Gasteiger partial charge in [0.2, 0.25) is 0 Å². The van der Waals surface area contributed by atoms with Crippen molar-refractivity contribution in [3.63, 3.8) is 0 Å². The van der Waals surface area contributed by atoms with Crippen LogP contribution in [0.25, 0.3) is 0 Å². The Kier molecular flexibility index (Phi) is 2.36. The molecule has 1 aliphatic carbocycles. The molecule has 0 saturated heterocycles. The first kappa shape index (κ1) is 14.0. The minimum absolute atomic E-state index is 4.30. The SMILES string of the molecule is O=C(F)C1(F)C(F)(F)C(F)(F)C(F)(F)C1(F)F. The van der Waals surface area contributed by atoms with Crippen molar-refractivity contribution in [1.29, 1.82) is 0 Å². The summed E-state index contributed by atoms with van der Waals surface area (Å²) >= 11 is 0. The summed E-state index contributed by atoms with van der Waals surface area (Å²) < 4.78 is 124. The molecular weight excluding hydrogens is 278 g/mol. The molecule has 0 atom stereocenters. The first-order valence-corrected chi connectivity index (χ1v) is 3.59. The fourth-order valence-corrected chi connectivity index (χ4v) is 1.27. The fraction of sp³-hybridized carbons (Fsp3) is 0.833. The molecule has 0 spiro atoms. The lowest BCUT2D eigenvalue weighted by Gasteiger charge is -2.25. The molecule has 100 valence electrons. The molecule has 0 aromatic rings. The molecule has 1 fully saturated rings. The number of hydrogen-bond acceptors (Lipinski definition) is 1. The van der Waals surface area contributed by atoms with Gasteiger partial charge in [-0.1, -0.05) is 0 Å². The number of hydrogen-bond donors (Lipinski definition) is 0. The molecule has 17 heavy (non-hydrogen) atoms. The molecule has 1 saturated carbocycles. The van der Waals surface area contributed by atoms with Crippen LogP contribution in [0.1, 0.15) is 0 Å². The van der Waals surface area contributed by atoms with Crippen molar-refractivity contribution < 1.29 is 48.7 Å². The molecule has 0 unspecified atom stereocenters. The Morgan fingerprint density at radius 1 is 0.588 bits per heavy atom. The Labute approximate surface area is 85.4 Å². The number of carbonyl (C=O) groups is 1. The van der Waals surface area contributed by atoms with Crippen LogP contribution >= 0.6 is 0 Å². The summed E-state index contributed by atoms with van der Waals surface area (Å²) in [4.78, 5) is 9.71. The predicted molar refractivity (Wildman–Crippen MR) is 29.7 cm³/mol. The summed E-state index contributed by atoms with van der Waals surface area (Å²) in [7, 11) is 0. The summed E-state index contributed by atoms with van der Waals surface area (Å²) in [5, 5.41) is 0. The van der Waals surface area contributed by atoms with E-state index in [1.54, 1.807) is 0 Å². The highest BCUT2D eigenvalue weighted by Crippen LogP contribution is 2.69. The third-order valence-electron chi connectivity index (χ3n) is 2.32. The van der Waals surface area contributed by atoms with Crippen molar-refractivity contribution in [3.8, 4) is 0 Å². The fourth-order valence-electron chi connectivity index (χ4n) is 1.27. The van der Waals surface area contributed by atoms with Gasteiger partial charge >= 0.3 is 35.4 Å². The molecule has 0 aromatic heterocycles. The van der Waals surface area contributed by atoms with Gasteiger partial charge in [-0.2, -0.15) is 39.5 Å². The number of rotatable bonds is 1. The minimum atomic E-state index is -6.92. The zero-order chi connectivity index (χ0) is 14.1. The van der Waals surface area contributed by atoms with Crippen molar-refractivity contribution in [2.75, 3.05) is 0 Å². The van der Waals surface area contributed by atoms with Crippen LogP contribution in [0.2, 0.25) is 0 Å². The van der Waals surface area contributed by atoms with Gasteiger partial charge in [0.15, 0.2) is 0 Å². The van der Waals surface area contributed by atoms with E-state index in [-0.39, 0.29) is 0 Å². The van der Waals surface area contributed by atoms with Crippen LogP contribution in [0.4, 0.5) is 43.9 Å². The largest absolute Gasteiger partial charge is 0.382 e. The van der Waals surface area contributed by atoms with E-state index in [2.05, 4.69) is 0 Å². The van der Waals surface area contributed by atoms with E-state index in [0.29, 0.717) is 0 Å². The summed E-state index contributed by atoms with van der Waals surface area (Å²) in [5.74, 6) is -27.6. The van der Waals surface area contributed by atoms with Crippen LogP contribution < -0.4 is 0 Å². The zero-order valence-corrected chi connectivity index (χ0v) is 7.19. The van der Waals surface area contributed by atoms with Gasteiger partial charge in [0, 0.05) is 0 Å². The van der Waals surface area contributed by atoms with Crippen molar-refractivity contribution in [2.24, 2.45) is 0 Å². The Hall–Kier alpha value is -1.03. The number of alkyl halides is 9. The Morgan fingerprint density at radius 3 is 0.941 bits per heavy atom. The standard InChI is InChI=1S/C6F10O/c7-1(17)2(8)3(9,10)5(13,14)6(15,16)4(2,11)12. The molecule has 0 heterocycles. The van der Waals surface area contributed by atoms with Gasteiger partial charge in [0.1, 0.15) is 0 Å². The average molecular weight is 278 g/mol. The molecule has 0 N–H and O–H groups in total. The maximum atomic E-state index is 12.8. The van der Waals surface area contributed by atoms with Gasteiger partial charge in [-0.3, -0.25) is 4.79 Å². The van der Waals surface area contributed by atoms with E-state index in [1.807, 2.05) is 0 Å². The van der Waals surface area contributed by atoms with E-state index < -0.39 is 35.4 Å². The van der Waals surface area contributed by atoms with E-state index in [0.717, 1.165) is 0 Å². The summed E-state index contributed by atoms with van der Waals surface area (Å²) in [6.45, 7) is 0. The third kappa shape index (κ3) is 1.01. The Balaban J connectivity index is 3.71. The molecule has 0 radical (unpaired) electrons. The highest BCUT2D eigenvalue weighted by atomic mass is 19.4. The Bertz CT molecular complexity index is 345. The van der Waals surface area contributed by atoms with Crippen LogP contribution in [-0.4, -0.2) is 35.4 Å². The van der Waals surface area contributed by atoms with E-state index in [4.69, 9.17) is 0 Å². The second-order valence-corrected chi connectivity index (χ2v) is 3.23. The lowest BCUT2D eigenvalue weighted by Crippen LogP contribution is -2.58. The number of carbonyl (C=O) groups excluding carboxylic acids is 1. The van der Waals surface area contributed by atoms with Crippen molar-refractivity contribution in [1.82, 2.24) is 0 Å². The van der Waals surface area contributed by atoms with Gasteiger partial charge < -0.3 is 0 Å². The molecule has 1 nitrogen and oxygen atoms in total. The Morgan fingerprint density at radius 2 is 0.824 bits per heavy atom. The second kappa shape index (κ2) is 2.86. The lowest BCUT2D eigenvalue weighted by atomic mass is 9.98. The first-order chi connectivity index (χ1) is 7.19. The molecule has 0 aromatic carbocycles. The summed E-state index contributed by atoms with van der Waals surface area (Å²) in [6, 6.07) is -4.30. The summed E-state index contributed by atoms with van der Waals surface area (Å²) in [5.41, 5.74) is -6.62. The smallest absolute Gasteiger partial charge is 0.257 e. The molecule has 1 aliphatic rings. The monoisotopic (exact) mass is 278 g/mol. The van der Waals surface area contributed by atoms with Crippen LogP contribution in [-0.2, 0) is 4.79 Å². The van der Waals surface area contributed by atoms with Gasteiger partial charge in [-0.05, 0) is 0 Å². The van der Waals surface area contributed by atoms with Crippen LogP contribution in [0.3, 0.4) is 0 Å². The van der Waals surface area contributed by atoms with Crippen LogP contribution in [0.5, 0.6) is 0 Å². The topological polar surface area (TPSA) is 17.1 Å². The van der Waals surface area contributed by atoms with Gasteiger partial charge in [-0.15, -0.1) is 0 Å². The molecule has 1 rings (SSSR count). The highest BCUT2D eigenvalue weighted by molar-refractivity contribution is 5.83. The quantitative estimate of drug-likeness (QED) is 0.532. The highest BCUT2D eigenvalue weighted by Gasteiger charge is 3.03. The molecule has 0 bridgehead atoms. The zero-order valence-electron chi connectivity index (χ0n) is 7.19. The minimum Gasteiger partial charge on any atom is -0.257 e. The predicted octanol–water partition coefficient (Wildman–Crippen LogP) is 2.75. The lowest BCUT2D eigenvalue weighted by molar-refractivity contribution is -0.303. The normalized spacial score (nSPS) is 31.2. The van der Waals surface area contributed by atoms with Crippen LogP contribution in [0, 0.1) is 0 Å². The van der Waals surface area contributed by atoms with Crippen molar-refractivity contribution in [2.45, 2.75) is 29.4 Å².